The molecule has 1 aromatic heterocycles. The maximum Gasteiger partial charge on any atom is 0.211 e. The van der Waals surface area contributed by atoms with Gasteiger partial charge < -0.3 is 4.84 Å². The number of nitrogens with zero attached hydrogens (tertiary/aromatic N) is 2. The Kier molecular flexibility index (Phi) is 1.79. The summed E-state index contributed by atoms with van der Waals surface area (Å²) in [5.41, 5.74) is 3.67. The largest absolute Gasteiger partial charge is 0.368 e. The van der Waals surface area contributed by atoms with Gasteiger partial charge in [0.05, 0.1) is 0 Å². The number of hydrogen-bond acceptors (Lipinski definition) is 5. The minimum atomic E-state index is 0.727. The minimum Gasteiger partial charge on any atom is -0.368 e. The van der Waals surface area contributed by atoms with Gasteiger partial charge in [-0.2, -0.15) is 4.99 Å². The van der Waals surface area contributed by atoms with Gasteiger partial charge in [-0.15, -0.1) is 11.3 Å². The highest BCUT2D eigenvalue weighted by Gasteiger charge is 2.08. The van der Waals surface area contributed by atoms with E-state index in [2.05, 4.69) is 15.5 Å². The lowest BCUT2D eigenvalue weighted by Crippen LogP contribution is -2.04. The molecule has 0 spiro atoms. The quantitative estimate of drug-likeness (QED) is 0.712. The Bertz CT molecular complexity index is 328. The first kappa shape index (κ1) is 7.30. The number of nitrogens with one attached hydrogen (secondary N) is 1. The second kappa shape index (κ2) is 2.94. The van der Waals surface area contributed by atoms with Crippen molar-refractivity contribution in [1.82, 2.24) is 10.5 Å². The van der Waals surface area contributed by atoms with E-state index in [4.69, 9.17) is 4.84 Å². The number of hydroxylamine groups is 1. The molecule has 1 aromatic rings. The predicted octanol–water partition coefficient (Wildman–Crippen LogP) is 1.39. The Balaban J connectivity index is 2.35. The van der Waals surface area contributed by atoms with Gasteiger partial charge in [0.2, 0.25) is 6.40 Å². The van der Waals surface area contributed by atoms with Crippen LogP contribution < -0.4 is 5.48 Å². The van der Waals surface area contributed by atoms with Gasteiger partial charge in [-0.3, -0.25) is 0 Å². The standard InChI is InChI=1S/C7H7N3OS/c1-5(6-9-4-11-10-6)7-8-2-3-12-7/h2-4,10H,1H3. The molecule has 1 aliphatic rings. The zero-order valence-electron chi connectivity index (χ0n) is 6.44. The Morgan fingerprint density at radius 2 is 2.58 bits per heavy atom. The van der Waals surface area contributed by atoms with Crippen molar-refractivity contribution in [3.8, 4) is 0 Å². The Labute approximate surface area is 73.6 Å². The van der Waals surface area contributed by atoms with Gasteiger partial charge in [0.1, 0.15) is 5.01 Å². The lowest BCUT2D eigenvalue weighted by atomic mass is 10.3. The molecule has 0 saturated carbocycles. The molecule has 2 heterocycles. The van der Waals surface area contributed by atoms with Crippen LogP contribution in [-0.2, 0) is 4.84 Å². The van der Waals surface area contributed by atoms with E-state index < -0.39 is 0 Å². The lowest BCUT2D eigenvalue weighted by molar-refractivity contribution is 0.250. The summed E-state index contributed by atoms with van der Waals surface area (Å²) in [4.78, 5) is 12.9. The average Bonchev–Trinajstić information content (AvgIpc) is 2.77. The number of allylic oxidation sites excluding steroid dienone is 1. The van der Waals surface area contributed by atoms with E-state index in [1.54, 1.807) is 17.5 Å². The van der Waals surface area contributed by atoms with Crippen LogP contribution in [0.15, 0.2) is 22.4 Å². The highest BCUT2D eigenvalue weighted by Crippen LogP contribution is 2.20. The van der Waals surface area contributed by atoms with Crippen molar-refractivity contribution in [3.05, 3.63) is 22.4 Å². The Morgan fingerprint density at radius 1 is 1.67 bits per heavy atom. The van der Waals surface area contributed by atoms with Gasteiger partial charge in [0, 0.05) is 17.2 Å². The summed E-state index contributed by atoms with van der Waals surface area (Å²) in [5.74, 6) is 0.727. The van der Waals surface area contributed by atoms with E-state index in [-0.39, 0.29) is 0 Å². The first-order chi connectivity index (χ1) is 5.88. The molecule has 1 aliphatic heterocycles. The van der Waals surface area contributed by atoms with E-state index in [0.717, 1.165) is 16.4 Å². The molecule has 2 rings (SSSR count). The van der Waals surface area contributed by atoms with Gasteiger partial charge in [-0.05, 0) is 6.92 Å². The minimum absolute atomic E-state index is 0.727. The average molecular weight is 181 g/mol. The molecule has 0 fully saturated rings. The summed E-state index contributed by atoms with van der Waals surface area (Å²) < 4.78 is 0. The number of rotatable bonds is 1. The summed E-state index contributed by atoms with van der Waals surface area (Å²) in [5, 5.41) is 2.89. The van der Waals surface area contributed by atoms with Gasteiger partial charge >= 0.3 is 0 Å². The fraction of sp³-hybridized carbons (Fsp3) is 0.143. The summed E-state index contributed by atoms with van der Waals surface area (Å²) >= 11 is 1.58. The predicted molar refractivity (Wildman–Crippen MR) is 47.4 cm³/mol. The van der Waals surface area contributed by atoms with Gasteiger partial charge in [-0.1, -0.05) is 0 Å². The van der Waals surface area contributed by atoms with Crippen LogP contribution >= 0.6 is 11.3 Å². The Hall–Kier alpha value is -1.36. The lowest BCUT2D eigenvalue weighted by Gasteiger charge is -1.98. The molecule has 0 saturated heterocycles. The zero-order chi connectivity index (χ0) is 8.39. The molecule has 0 atom stereocenters. The SMILES string of the molecule is CC(=C1N=CON1)c1nccs1. The van der Waals surface area contributed by atoms with Crippen LogP contribution in [0.25, 0.3) is 5.57 Å². The number of thiazole rings is 1. The fourth-order valence-corrected chi connectivity index (χ4v) is 1.52. The van der Waals surface area contributed by atoms with Crippen molar-refractivity contribution >= 4 is 23.3 Å². The molecule has 0 amide bonds. The maximum atomic E-state index is 4.75. The normalized spacial score (nSPS) is 18.8. The van der Waals surface area contributed by atoms with E-state index >= 15 is 0 Å². The van der Waals surface area contributed by atoms with Crippen LogP contribution in [0.4, 0.5) is 0 Å². The molecule has 0 aromatic carbocycles. The molecule has 4 nitrogen and oxygen atoms in total. The van der Waals surface area contributed by atoms with Crippen LogP contribution in [-0.4, -0.2) is 11.4 Å². The summed E-state index contributed by atoms with van der Waals surface area (Å²) in [7, 11) is 0. The first-order valence-corrected chi connectivity index (χ1v) is 4.31. The highest BCUT2D eigenvalue weighted by atomic mass is 32.1. The van der Waals surface area contributed by atoms with Crippen molar-refractivity contribution < 1.29 is 4.84 Å². The van der Waals surface area contributed by atoms with E-state index in [0.29, 0.717) is 0 Å². The first-order valence-electron chi connectivity index (χ1n) is 3.43. The van der Waals surface area contributed by atoms with Gasteiger partial charge in [0.15, 0.2) is 5.82 Å². The second-order valence-electron chi connectivity index (χ2n) is 2.27. The summed E-state index contributed by atoms with van der Waals surface area (Å²) in [6.45, 7) is 1.95. The molecule has 0 bridgehead atoms. The maximum absolute atomic E-state index is 4.75. The van der Waals surface area contributed by atoms with Crippen molar-refractivity contribution in [2.24, 2.45) is 4.99 Å². The van der Waals surface area contributed by atoms with Crippen molar-refractivity contribution in [3.63, 3.8) is 0 Å². The van der Waals surface area contributed by atoms with Crippen LogP contribution in [0.5, 0.6) is 0 Å². The number of aromatic nitrogens is 1. The Morgan fingerprint density at radius 3 is 3.17 bits per heavy atom. The van der Waals surface area contributed by atoms with Crippen molar-refractivity contribution in [2.75, 3.05) is 0 Å². The molecule has 5 heteroatoms. The molecule has 0 unspecified atom stereocenters. The summed E-state index contributed by atoms with van der Waals surface area (Å²) in [6.07, 6.45) is 3.13. The number of aliphatic imine (C=N–C) groups is 1. The molecular weight excluding hydrogens is 174 g/mol. The second-order valence-corrected chi connectivity index (χ2v) is 3.16. The smallest absolute Gasteiger partial charge is 0.211 e. The topological polar surface area (TPSA) is 46.5 Å². The van der Waals surface area contributed by atoms with Crippen LogP contribution in [0.2, 0.25) is 0 Å². The monoisotopic (exact) mass is 181 g/mol. The van der Waals surface area contributed by atoms with Crippen LogP contribution in [0, 0.1) is 0 Å². The molecular formula is C7H7N3OS. The van der Waals surface area contributed by atoms with Crippen LogP contribution in [0.1, 0.15) is 11.9 Å². The fourth-order valence-electron chi connectivity index (χ4n) is 0.871. The third-order valence-corrected chi connectivity index (χ3v) is 2.39. The molecule has 12 heavy (non-hydrogen) atoms. The van der Waals surface area contributed by atoms with Gasteiger partial charge in [-0.25, -0.2) is 10.5 Å². The van der Waals surface area contributed by atoms with E-state index in [9.17, 15) is 0 Å². The van der Waals surface area contributed by atoms with E-state index in [1.807, 2.05) is 12.3 Å². The van der Waals surface area contributed by atoms with Crippen molar-refractivity contribution in [1.29, 1.82) is 0 Å². The molecule has 0 radical (unpaired) electrons. The molecule has 0 aliphatic carbocycles. The van der Waals surface area contributed by atoms with Gasteiger partial charge in [0.25, 0.3) is 0 Å². The third-order valence-electron chi connectivity index (χ3n) is 1.50. The van der Waals surface area contributed by atoms with Crippen LogP contribution in [0.3, 0.4) is 0 Å². The third kappa shape index (κ3) is 1.18. The number of hydrogen-bond donors (Lipinski definition) is 1. The highest BCUT2D eigenvalue weighted by molar-refractivity contribution is 7.10. The van der Waals surface area contributed by atoms with Crippen molar-refractivity contribution in [2.45, 2.75) is 6.92 Å². The molecule has 1 N–H and O–H groups in total. The van der Waals surface area contributed by atoms with E-state index in [1.165, 1.54) is 6.40 Å². The summed E-state index contributed by atoms with van der Waals surface area (Å²) in [6, 6.07) is 0. The zero-order valence-corrected chi connectivity index (χ0v) is 7.26. The molecule has 62 valence electrons.